The zero-order chi connectivity index (χ0) is 67.8. The highest BCUT2D eigenvalue weighted by Crippen LogP contribution is 2.16. The highest BCUT2D eigenvalue weighted by atomic mass is 16.5. The normalized spacial score (nSPS) is 13.3. The van der Waals surface area contributed by atoms with Gasteiger partial charge in [0.1, 0.15) is 26.4 Å². The smallest absolute Gasteiger partial charge is 0.306 e. The van der Waals surface area contributed by atoms with Gasteiger partial charge in [-0.2, -0.15) is 0 Å². The van der Waals surface area contributed by atoms with Crippen LogP contribution in [-0.2, 0) is 38.1 Å². The van der Waals surface area contributed by atoms with E-state index in [4.69, 9.17) is 18.9 Å². The average molecular weight is 1320 g/mol. The van der Waals surface area contributed by atoms with E-state index in [9.17, 15) is 19.2 Å². The molecule has 0 aromatic rings. The molecule has 548 valence electrons. The van der Waals surface area contributed by atoms with Crippen LogP contribution in [0.3, 0.4) is 0 Å². The number of hydrogen-bond acceptors (Lipinski definition) is 12. The maximum atomic E-state index is 12.3. The summed E-state index contributed by atoms with van der Waals surface area (Å²) >= 11 is 0. The van der Waals surface area contributed by atoms with Gasteiger partial charge in [-0.05, 0) is 168 Å². The molecule has 0 N–H and O–H groups in total. The second kappa shape index (κ2) is 72.4. The van der Waals surface area contributed by atoms with E-state index in [1.807, 2.05) is 24.3 Å². The Morgan fingerprint density at radius 2 is 0.457 bits per heavy atom. The lowest BCUT2D eigenvalue weighted by molar-refractivity contribution is -0.143. The molecule has 0 saturated carbocycles. The molecule has 0 amide bonds. The molecule has 1 aliphatic rings. The number of esters is 4. The SMILES string of the molecule is CCCCCC/C=C\COC(=O)CCCCCCCCN(CCCCCCCCC(=O)OC/C=C\CCCCCC)CCCN1CCN(CCCN(CCCCCCCCC(=O)OC/C=C\CCCCCC)CCCCCCCCC(=O)OC/C=C\CCCCCC)CC1. The van der Waals surface area contributed by atoms with Crippen LogP contribution in [0, 0.1) is 0 Å². The molecule has 0 aromatic heterocycles. The van der Waals surface area contributed by atoms with E-state index in [1.165, 1.54) is 297 Å². The third-order valence-corrected chi connectivity index (χ3v) is 18.7. The van der Waals surface area contributed by atoms with Crippen LogP contribution in [0.25, 0.3) is 0 Å². The molecule has 12 heteroatoms. The van der Waals surface area contributed by atoms with Crippen molar-refractivity contribution in [3.63, 3.8) is 0 Å². The maximum absolute atomic E-state index is 12.3. The molecule has 1 aliphatic heterocycles. The summed E-state index contributed by atoms with van der Waals surface area (Å²) in [6.45, 7) is 24.7. The van der Waals surface area contributed by atoms with Crippen LogP contribution >= 0.6 is 0 Å². The van der Waals surface area contributed by atoms with Gasteiger partial charge >= 0.3 is 23.9 Å². The van der Waals surface area contributed by atoms with Crippen LogP contribution in [0.1, 0.15) is 349 Å². The molecule has 0 aromatic carbocycles. The van der Waals surface area contributed by atoms with Crippen molar-refractivity contribution in [2.75, 3.05) is 105 Å². The van der Waals surface area contributed by atoms with Gasteiger partial charge in [0.2, 0.25) is 0 Å². The van der Waals surface area contributed by atoms with E-state index >= 15 is 0 Å². The first-order valence-electron chi connectivity index (χ1n) is 40.4. The minimum atomic E-state index is -0.0603. The van der Waals surface area contributed by atoms with Gasteiger partial charge in [0, 0.05) is 51.9 Å². The topological polar surface area (TPSA) is 118 Å². The molecule has 12 nitrogen and oxygen atoms in total. The van der Waals surface area contributed by atoms with Crippen molar-refractivity contribution in [2.24, 2.45) is 0 Å². The Morgan fingerprint density at radius 3 is 0.691 bits per heavy atom. The van der Waals surface area contributed by atoms with E-state index in [0.29, 0.717) is 52.1 Å². The first kappa shape index (κ1) is 88.7. The van der Waals surface area contributed by atoms with Gasteiger partial charge in [-0.25, -0.2) is 0 Å². The number of ether oxygens (including phenoxy) is 4. The molecule has 0 bridgehead atoms. The molecule has 0 spiro atoms. The van der Waals surface area contributed by atoms with Gasteiger partial charge in [0.25, 0.3) is 0 Å². The van der Waals surface area contributed by atoms with Gasteiger partial charge in [0.05, 0.1) is 0 Å². The van der Waals surface area contributed by atoms with E-state index < -0.39 is 0 Å². The molecule has 0 aliphatic carbocycles. The first-order chi connectivity index (χ1) is 46.3. The van der Waals surface area contributed by atoms with Crippen molar-refractivity contribution in [1.29, 1.82) is 0 Å². The van der Waals surface area contributed by atoms with Gasteiger partial charge in [0.15, 0.2) is 0 Å². The summed E-state index contributed by atoms with van der Waals surface area (Å²) in [5.74, 6) is -0.241. The van der Waals surface area contributed by atoms with Crippen LogP contribution < -0.4 is 0 Å². The molecule has 0 radical (unpaired) electrons. The van der Waals surface area contributed by atoms with Crippen molar-refractivity contribution < 1.29 is 38.1 Å². The monoisotopic (exact) mass is 1320 g/mol. The predicted molar refractivity (Wildman–Crippen MR) is 400 cm³/mol. The fourth-order valence-electron chi connectivity index (χ4n) is 12.5. The lowest BCUT2D eigenvalue weighted by Crippen LogP contribution is -2.47. The third kappa shape index (κ3) is 64.7. The maximum Gasteiger partial charge on any atom is 0.306 e. The minimum Gasteiger partial charge on any atom is -0.461 e. The summed E-state index contributed by atoms with van der Waals surface area (Å²) in [6.07, 6.45) is 73.4. The lowest BCUT2D eigenvalue weighted by Gasteiger charge is -2.35. The summed E-state index contributed by atoms with van der Waals surface area (Å²) in [5.41, 5.74) is 0. The van der Waals surface area contributed by atoms with Gasteiger partial charge in [-0.3, -0.25) is 19.2 Å². The highest BCUT2D eigenvalue weighted by Gasteiger charge is 2.18. The molecule has 0 atom stereocenters. The van der Waals surface area contributed by atoms with Crippen LogP contribution in [0.4, 0.5) is 0 Å². The second-order valence-electron chi connectivity index (χ2n) is 27.6. The first-order valence-corrected chi connectivity index (χ1v) is 40.4. The molecule has 1 fully saturated rings. The van der Waals surface area contributed by atoms with E-state index in [1.54, 1.807) is 0 Å². The number of carbonyl (C=O) groups excluding carboxylic acids is 4. The number of piperazine rings is 1. The molecular formula is C82H152N4O8. The van der Waals surface area contributed by atoms with Gasteiger partial charge in [-0.15, -0.1) is 0 Å². The number of hydrogen-bond donors (Lipinski definition) is 0. The van der Waals surface area contributed by atoms with Crippen molar-refractivity contribution in [3.8, 4) is 0 Å². The lowest BCUT2D eigenvalue weighted by atomic mass is 10.1. The number of unbranched alkanes of at least 4 members (excludes halogenated alkanes) is 36. The van der Waals surface area contributed by atoms with Crippen molar-refractivity contribution in [3.05, 3.63) is 48.6 Å². The van der Waals surface area contributed by atoms with E-state index in [-0.39, 0.29) is 23.9 Å². The zero-order valence-electron chi connectivity index (χ0n) is 62.3. The van der Waals surface area contributed by atoms with E-state index in [2.05, 4.69) is 71.6 Å². The van der Waals surface area contributed by atoms with Crippen molar-refractivity contribution >= 4 is 23.9 Å². The van der Waals surface area contributed by atoms with Crippen LogP contribution in [0.15, 0.2) is 48.6 Å². The Bertz CT molecular complexity index is 1550. The highest BCUT2D eigenvalue weighted by molar-refractivity contribution is 5.70. The number of carbonyl (C=O) groups is 4. The standard InChI is InChI=1S/C82H152N4O8/c1-5-9-13-17-29-41-53-75-91-79(87)59-45-33-21-25-37-49-63-83(64-50-38-26-22-34-46-60-80(88)92-76-54-42-30-18-14-10-6-2)67-57-69-85-71-73-86(74-72-85)70-58-68-84(65-51-39-27-23-35-47-61-81(89)93-77-55-43-31-19-15-11-7-3)66-52-40-28-24-36-48-62-82(90)94-78-56-44-32-20-16-12-8-4/h41-44,53-56H,5-40,45-52,57-78H2,1-4H3/b53-41-,54-42-,55-43-,56-44-. The minimum absolute atomic E-state index is 0.0603. The number of nitrogens with zero attached hydrogens (tertiary/aromatic N) is 4. The number of rotatable bonds is 72. The Balaban J connectivity index is 2.56. The predicted octanol–water partition coefficient (Wildman–Crippen LogP) is 21.2. The van der Waals surface area contributed by atoms with Gasteiger partial charge in [-0.1, -0.05) is 256 Å². The molecule has 94 heavy (non-hydrogen) atoms. The quantitative estimate of drug-likeness (QED) is 0.0250. The van der Waals surface area contributed by atoms with E-state index in [0.717, 1.165) is 77.0 Å². The summed E-state index contributed by atoms with van der Waals surface area (Å²) in [7, 11) is 0. The second-order valence-corrected chi connectivity index (χ2v) is 27.6. The number of allylic oxidation sites excluding steroid dienone is 4. The Kier molecular flexibility index (Phi) is 68.3. The summed E-state index contributed by atoms with van der Waals surface area (Å²) in [6, 6.07) is 0. The zero-order valence-corrected chi connectivity index (χ0v) is 62.3. The molecule has 1 heterocycles. The Hall–Kier alpha value is -3.32. The van der Waals surface area contributed by atoms with Crippen LogP contribution in [0.2, 0.25) is 0 Å². The van der Waals surface area contributed by atoms with Crippen molar-refractivity contribution in [1.82, 2.24) is 19.6 Å². The molecular weight excluding hydrogens is 1170 g/mol. The van der Waals surface area contributed by atoms with Crippen LogP contribution in [0.5, 0.6) is 0 Å². The molecule has 1 rings (SSSR count). The molecule has 0 unspecified atom stereocenters. The Labute approximate surface area is 581 Å². The summed E-state index contributed by atoms with van der Waals surface area (Å²) < 4.78 is 21.8. The van der Waals surface area contributed by atoms with Crippen LogP contribution in [-0.4, -0.2) is 148 Å². The Morgan fingerprint density at radius 1 is 0.255 bits per heavy atom. The third-order valence-electron chi connectivity index (χ3n) is 18.7. The van der Waals surface area contributed by atoms with Gasteiger partial charge < -0.3 is 38.5 Å². The largest absolute Gasteiger partial charge is 0.461 e. The van der Waals surface area contributed by atoms with Crippen molar-refractivity contribution in [2.45, 2.75) is 349 Å². The summed E-state index contributed by atoms with van der Waals surface area (Å²) in [4.78, 5) is 60.0. The fourth-order valence-corrected chi connectivity index (χ4v) is 12.5. The average Bonchev–Trinajstić information content (AvgIpc) is 1.82. The summed E-state index contributed by atoms with van der Waals surface area (Å²) in [5, 5.41) is 0. The molecule has 1 saturated heterocycles. The fraction of sp³-hybridized carbons (Fsp3) is 0.854.